The third-order valence-electron chi connectivity index (χ3n) is 3.42. The van der Waals surface area contributed by atoms with Crippen LogP contribution in [0.1, 0.15) is 18.5 Å². The zero-order chi connectivity index (χ0) is 14.8. The monoisotopic (exact) mass is 287 g/mol. The SMILES string of the molecule is CC(Nc1ccc2c(c1)OCCO2)c1c(O)cccc1O. The maximum absolute atomic E-state index is 9.89. The van der Waals surface area contributed by atoms with Gasteiger partial charge in [-0.3, -0.25) is 0 Å². The molecule has 0 aliphatic carbocycles. The normalized spacial score (nSPS) is 14.5. The van der Waals surface area contributed by atoms with Gasteiger partial charge in [-0.15, -0.1) is 0 Å². The third kappa shape index (κ3) is 2.67. The summed E-state index contributed by atoms with van der Waals surface area (Å²) in [6.45, 7) is 2.96. The molecule has 1 aliphatic heterocycles. The highest BCUT2D eigenvalue weighted by molar-refractivity contribution is 5.57. The number of fused-ring (bicyclic) bond motifs is 1. The zero-order valence-electron chi connectivity index (χ0n) is 11.7. The Morgan fingerprint density at radius 2 is 1.67 bits per heavy atom. The zero-order valence-corrected chi connectivity index (χ0v) is 11.7. The minimum atomic E-state index is -0.256. The van der Waals surface area contributed by atoms with E-state index in [2.05, 4.69) is 5.32 Å². The van der Waals surface area contributed by atoms with Crippen molar-refractivity contribution in [2.75, 3.05) is 18.5 Å². The molecule has 2 aromatic rings. The minimum Gasteiger partial charge on any atom is -0.507 e. The van der Waals surface area contributed by atoms with Crippen LogP contribution in [-0.2, 0) is 0 Å². The second-order valence-corrected chi connectivity index (χ2v) is 4.93. The van der Waals surface area contributed by atoms with Crippen LogP contribution in [0.5, 0.6) is 23.0 Å². The van der Waals surface area contributed by atoms with E-state index in [0.717, 1.165) is 11.4 Å². The number of hydrogen-bond acceptors (Lipinski definition) is 5. The lowest BCUT2D eigenvalue weighted by Gasteiger charge is -2.21. The van der Waals surface area contributed by atoms with Gasteiger partial charge in [0, 0.05) is 11.8 Å². The second kappa shape index (κ2) is 5.44. The van der Waals surface area contributed by atoms with Crippen LogP contribution in [-0.4, -0.2) is 23.4 Å². The summed E-state index contributed by atoms with van der Waals surface area (Å²) >= 11 is 0. The van der Waals surface area contributed by atoms with Gasteiger partial charge in [0.2, 0.25) is 0 Å². The molecule has 0 saturated carbocycles. The molecule has 0 radical (unpaired) electrons. The van der Waals surface area contributed by atoms with Crippen molar-refractivity contribution >= 4 is 5.69 Å². The van der Waals surface area contributed by atoms with Gasteiger partial charge in [0.25, 0.3) is 0 Å². The molecule has 1 aliphatic rings. The highest BCUT2D eigenvalue weighted by atomic mass is 16.6. The fraction of sp³-hybridized carbons (Fsp3) is 0.250. The highest BCUT2D eigenvalue weighted by Crippen LogP contribution is 2.37. The van der Waals surface area contributed by atoms with E-state index in [4.69, 9.17) is 9.47 Å². The lowest BCUT2D eigenvalue weighted by Crippen LogP contribution is -2.15. The summed E-state index contributed by atoms with van der Waals surface area (Å²) in [6.07, 6.45) is 0. The molecule has 3 N–H and O–H groups in total. The standard InChI is InChI=1S/C16H17NO4/c1-10(16-12(18)3-2-4-13(16)19)17-11-5-6-14-15(9-11)21-8-7-20-14/h2-6,9-10,17-19H,7-8H2,1H3. The third-order valence-corrected chi connectivity index (χ3v) is 3.42. The molecular formula is C16H17NO4. The molecule has 1 heterocycles. The summed E-state index contributed by atoms with van der Waals surface area (Å²) in [5, 5.41) is 23.0. The average molecular weight is 287 g/mol. The quantitative estimate of drug-likeness (QED) is 0.809. The van der Waals surface area contributed by atoms with Crippen LogP contribution in [0.3, 0.4) is 0 Å². The Labute approximate surface area is 122 Å². The summed E-state index contributed by atoms with van der Waals surface area (Å²) in [6, 6.07) is 10.0. The fourth-order valence-electron chi connectivity index (χ4n) is 2.44. The van der Waals surface area contributed by atoms with Crippen LogP contribution < -0.4 is 14.8 Å². The first-order chi connectivity index (χ1) is 10.1. The molecule has 0 fully saturated rings. The topological polar surface area (TPSA) is 71.0 Å². The molecule has 21 heavy (non-hydrogen) atoms. The molecular weight excluding hydrogens is 270 g/mol. The average Bonchev–Trinajstić information content (AvgIpc) is 2.47. The summed E-state index contributed by atoms with van der Waals surface area (Å²) in [4.78, 5) is 0. The molecule has 0 saturated heterocycles. The van der Waals surface area contributed by atoms with Crippen LogP contribution in [0.4, 0.5) is 5.69 Å². The maximum atomic E-state index is 9.89. The number of aromatic hydroxyl groups is 2. The van der Waals surface area contributed by atoms with Crippen molar-refractivity contribution in [1.29, 1.82) is 0 Å². The Hall–Kier alpha value is -2.56. The lowest BCUT2D eigenvalue weighted by molar-refractivity contribution is 0.171. The number of nitrogens with one attached hydrogen (secondary N) is 1. The van der Waals surface area contributed by atoms with Crippen LogP contribution in [0.2, 0.25) is 0 Å². The van der Waals surface area contributed by atoms with E-state index < -0.39 is 0 Å². The largest absolute Gasteiger partial charge is 0.507 e. The van der Waals surface area contributed by atoms with Crippen molar-refractivity contribution in [3.63, 3.8) is 0 Å². The number of phenols is 2. The van der Waals surface area contributed by atoms with E-state index in [9.17, 15) is 10.2 Å². The van der Waals surface area contributed by atoms with Crippen molar-refractivity contribution in [2.24, 2.45) is 0 Å². The smallest absolute Gasteiger partial charge is 0.163 e. The van der Waals surface area contributed by atoms with E-state index >= 15 is 0 Å². The van der Waals surface area contributed by atoms with Crippen LogP contribution in [0, 0.1) is 0 Å². The van der Waals surface area contributed by atoms with Crippen LogP contribution in [0.15, 0.2) is 36.4 Å². The molecule has 110 valence electrons. The lowest BCUT2D eigenvalue weighted by atomic mass is 10.1. The molecule has 0 spiro atoms. The molecule has 3 rings (SSSR count). The van der Waals surface area contributed by atoms with E-state index in [-0.39, 0.29) is 17.5 Å². The van der Waals surface area contributed by atoms with Gasteiger partial charge in [-0.1, -0.05) is 6.07 Å². The maximum Gasteiger partial charge on any atom is 0.163 e. The predicted molar refractivity (Wildman–Crippen MR) is 79.2 cm³/mol. The minimum absolute atomic E-state index is 0.0625. The van der Waals surface area contributed by atoms with Crippen molar-refractivity contribution in [3.05, 3.63) is 42.0 Å². The van der Waals surface area contributed by atoms with E-state index in [1.165, 1.54) is 0 Å². The van der Waals surface area contributed by atoms with Crippen LogP contribution in [0.25, 0.3) is 0 Å². The molecule has 5 nitrogen and oxygen atoms in total. The number of hydrogen-bond donors (Lipinski definition) is 3. The number of ether oxygens (including phenoxy) is 2. The van der Waals surface area contributed by atoms with E-state index in [1.807, 2.05) is 25.1 Å². The van der Waals surface area contributed by atoms with E-state index in [0.29, 0.717) is 24.5 Å². The van der Waals surface area contributed by atoms with Gasteiger partial charge in [-0.2, -0.15) is 0 Å². The Kier molecular flexibility index (Phi) is 3.48. The van der Waals surface area contributed by atoms with Crippen molar-refractivity contribution in [2.45, 2.75) is 13.0 Å². The summed E-state index contributed by atoms with van der Waals surface area (Å²) in [5.41, 5.74) is 1.29. The Morgan fingerprint density at radius 3 is 2.38 bits per heavy atom. The Balaban J connectivity index is 1.83. The predicted octanol–water partition coefficient (Wildman–Crippen LogP) is 3.04. The van der Waals surface area contributed by atoms with Gasteiger partial charge < -0.3 is 25.0 Å². The van der Waals surface area contributed by atoms with Crippen molar-refractivity contribution < 1.29 is 19.7 Å². The van der Waals surface area contributed by atoms with Crippen LogP contribution >= 0.6 is 0 Å². The molecule has 1 atom stereocenters. The number of rotatable bonds is 3. The van der Waals surface area contributed by atoms with E-state index in [1.54, 1.807) is 18.2 Å². The van der Waals surface area contributed by atoms with Gasteiger partial charge in [0.1, 0.15) is 24.7 Å². The first kappa shape index (κ1) is 13.4. The summed E-state index contributed by atoms with van der Waals surface area (Å²) in [7, 11) is 0. The van der Waals surface area contributed by atoms with Gasteiger partial charge in [0.05, 0.1) is 11.6 Å². The second-order valence-electron chi connectivity index (χ2n) is 4.93. The van der Waals surface area contributed by atoms with Gasteiger partial charge in [-0.05, 0) is 31.2 Å². The highest BCUT2D eigenvalue weighted by Gasteiger charge is 2.17. The van der Waals surface area contributed by atoms with Gasteiger partial charge in [-0.25, -0.2) is 0 Å². The molecule has 0 bridgehead atoms. The Morgan fingerprint density at radius 1 is 1.00 bits per heavy atom. The first-order valence-corrected chi connectivity index (χ1v) is 6.82. The number of phenolic OH excluding ortho intramolecular Hbond substituents is 2. The fourth-order valence-corrected chi connectivity index (χ4v) is 2.44. The van der Waals surface area contributed by atoms with Crippen molar-refractivity contribution in [3.8, 4) is 23.0 Å². The molecule has 1 unspecified atom stereocenters. The summed E-state index contributed by atoms with van der Waals surface area (Å²) < 4.78 is 11.0. The summed E-state index contributed by atoms with van der Waals surface area (Å²) in [5.74, 6) is 1.55. The first-order valence-electron chi connectivity index (χ1n) is 6.82. The van der Waals surface area contributed by atoms with Gasteiger partial charge >= 0.3 is 0 Å². The molecule has 0 aromatic heterocycles. The van der Waals surface area contributed by atoms with Crippen molar-refractivity contribution in [1.82, 2.24) is 0 Å². The molecule has 2 aromatic carbocycles. The number of anilines is 1. The Bertz CT molecular complexity index is 636. The molecule has 5 heteroatoms. The number of benzene rings is 2. The van der Waals surface area contributed by atoms with Gasteiger partial charge in [0.15, 0.2) is 11.5 Å². The molecule has 0 amide bonds.